The van der Waals surface area contributed by atoms with Crippen molar-refractivity contribution in [2.24, 2.45) is 0 Å². The molecule has 0 aromatic heterocycles. The van der Waals surface area contributed by atoms with E-state index in [0.717, 1.165) is 24.0 Å². The Kier molecular flexibility index (Phi) is 7.00. The Labute approximate surface area is 145 Å². The predicted octanol–water partition coefficient (Wildman–Crippen LogP) is 4.84. The van der Waals surface area contributed by atoms with Crippen LogP contribution < -0.4 is 0 Å². The first-order valence-electron chi connectivity index (χ1n) is 8.67. The standard InChI is InChI=1S/C20H30O4/c1-7-9-17(21)23-19(3,4)15-11-13-16(14-12-15)20(5,6)24-18(22)10-8-2/h11-14H,7-10H2,1-6H3. The normalized spacial score (nSPS) is 11.9. The second-order valence-corrected chi connectivity index (χ2v) is 7.05. The molecule has 134 valence electrons. The molecular formula is C20H30O4. The van der Waals surface area contributed by atoms with Gasteiger partial charge in [-0.2, -0.15) is 0 Å². The lowest BCUT2D eigenvalue weighted by atomic mass is 9.92. The molecule has 0 spiro atoms. The molecule has 0 heterocycles. The molecule has 1 aromatic carbocycles. The van der Waals surface area contributed by atoms with Gasteiger partial charge in [0.2, 0.25) is 0 Å². The van der Waals surface area contributed by atoms with E-state index in [0.29, 0.717) is 12.8 Å². The zero-order valence-corrected chi connectivity index (χ0v) is 15.8. The highest BCUT2D eigenvalue weighted by Crippen LogP contribution is 2.30. The molecule has 1 aromatic rings. The van der Waals surface area contributed by atoms with E-state index in [1.165, 1.54) is 0 Å². The first-order chi connectivity index (χ1) is 11.1. The van der Waals surface area contributed by atoms with Crippen LogP contribution in [0, 0.1) is 0 Å². The van der Waals surface area contributed by atoms with Crippen molar-refractivity contribution in [2.75, 3.05) is 0 Å². The highest BCUT2D eigenvalue weighted by molar-refractivity contribution is 5.70. The maximum atomic E-state index is 11.8. The minimum Gasteiger partial charge on any atom is -0.455 e. The molecule has 0 aliphatic carbocycles. The first kappa shape index (κ1) is 20.2. The lowest BCUT2D eigenvalue weighted by molar-refractivity contribution is -0.158. The molecule has 24 heavy (non-hydrogen) atoms. The van der Waals surface area contributed by atoms with E-state index in [1.807, 2.05) is 65.8 Å². The first-order valence-corrected chi connectivity index (χ1v) is 8.67. The number of hydrogen-bond acceptors (Lipinski definition) is 4. The van der Waals surface area contributed by atoms with Crippen LogP contribution in [0.5, 0.6) is 0 Å². The average Bonchev–Trinajstić information content (AvgIpc) is 2.46. The fourth-order valence-corrected chi connectivity index (χ4v) is 2.47. The minimum atomic E-state index is -0.687. The summed E-state index contributed by atoms with van der Waals surface area (Å²) < 4.78 is 11.1. The van der Waals surface area contributed by atoms with Crippen LogP contribution in [0.3, 0.4) is 0 Å². The van der Waals surface area contributed by atoms with E-state index in [-0.39, 0.29) is 11.9 Å². The number of hydrogen-bond donors (Lipinski definition) is 0. The van der Waals surface area contributed by atoms with Crippen LogP contribution >= 0.6 is 0 Å². The second kappa shape index (κ2) is 8.32. The molecule has 4 heteroatoms. The number of esters is 2. The second-order valence-electron chi connectivity index (χ2n) is 7.05. The zero-order chi connectivity index (χ0) is 18.4. The predicted molar refractivity (Wildman–Crippen MR) is 94.5 cm³/mol. The molecule has 1 rings (SSSR count). The summed E-state index contributed by atoms with van der Waals surface area (Å²) in [5.74, 6) is -0.388. The van der Waals surface area contributed by atoms with Gasteiger partial charge in [0.1, 0.15) is 11.2 Å². The van der Waals surface area contributed by atoms with Gasteiger partial charge in [0.05, 0.1) is 0 Å². The SMILES string of the molecule is CCCC(=O)OC(C)(C)c1ccc(C(C)(C)OC(=O)CCC)cc1. The van der Waals surface area contributed by atoms with E-state index in [2.05, 4.69) is 0 Å². The number of carbonyl (C=O) groups is 2. The van der Waals surface area contributed by atoms with Gasteiger partial charge in [0.15, 0.2) is 0 Å². The van der Waals surface area contributed by atoms with Crippen molar-refractivity contribution in [3.05, 3.63) is 35.4 Å². The molecule has 0 amide bonds. The molecule has 0 aliphatic rings. The van der Waals surface area contributed by atoms with Crippen LogP contribution in [0.1, 0.15) is 78.4 Å². The van der Waals surface area contributed by atoms with Gasteiger partial charge in [0, 0.05) is 12.8 Å². The van der Waals surface area contributed by atoms with Crippen molar-refractivity contribution < 1.29 is 19.1 Å². The monoisotopic (exact) mass is 334 g/mol. The van der Waals surface area contributed by atoms with E-state index < -0.39 is 11.2 Å². The molecule has 4 nitrogen and oxygen atoms in total. The molecular weight excluding hydrogens is 304 g/mol. The summed E-state index contributed by atoms with van der Waals surface area (Å²) in [5, 5.41) is 0. The van der Waals surface area contributed by atoms with E-state index >= 15 is 0 Å². The molecule has 0 fully saturated rings. The van der Waals surface area contributed by atoms with Gasteiger partial charge in [-0.3, -0.25) is 9.59 Å². The van der Waals surface area contributed by atoms with Gasteiger partial charge in [-0.15, -0.1) is 0 Å². The van der Waals surface area contributed by atoms with Gasteiger partial charge in [-0.25, -0.2) is 0 Å². The minimum absolute atomic E-state index is 0.194. The number of carbonyl (C=O) groups excluding carboxylic acids is 2. The number of benzene rings is 1. The van der Waals surface area contributed by atoms with Crippen molar-refractivity contribution in [1.29, 1.82) is 0 Å². The van der Waals surface area contributed by atoms with E-state index in [4.69, 9.17) is 9.47 Å². The van der Waals surface area contributed by atoms with E-state index in [9.17, 15) is 9.59 Å². The highest BCUT2D eigenvalue weighted by Gasteiger charge is 2.28. The van der Waals surface area contributed by atoms with E-state index in [1.54, 1.807) is 0 Å². The van der Waals surface area contributed by atoms with Gasteiger partial charge in [-0.05, 0) is 51.7 Å². The maximum Gasteiger partial charge on any atom is 0.306 e. The van der Waals surface area contributed by atoms with Crippen LogP contribution in [0.4, 0.5) is 0 Å². The van der Waals surface area contributed by atoms with Crippen molar-refractivity contribution >= 4 is 11.9 Å². The molecule has 0 saturated carbocycles. The topological polar surface area (TPSA) is 52.6 Å². The molecule has 0 atom stereocenters. The van der Waals surface area contributed by atoms with Crippen molar-refractivity contribution in [3.8, 4) is 0 Å². The quantitative estimate of drug-likeness (QED) is 0.638. The number of rotatable bonds is 8. The Morgan fingerprint density at radius 2 is 1.04 bits per heavy atom. The maximum absolute atomic E-state index is 11.8. The summed E-state index contributed by atoms with van der Waals surface area (Å²) in [6.45, 7) is 11.4. The van der Waals surface area contributed by atoms with Gasteiger partial charge >= 0.3 is 11.9 Å². The summed E-state index contributed by atoms with van der Waals surface area (Å²) in [4.78, 5) is 23.5. The van der Waals surface area contributed by atoms with Crippen LogP contribution in [-0.2, 0) is 30.3 Å². The van der Waals surface area contributed by atoms with Crippen LogP contribution in [0.15, 0.2) is 24.3 Å². The Hall–Kier alpha value is -1.84. The van der Waals surface area contributed by atoms with Gasteiger partial charge < -0.3 is 9.47 Å². The summed E-state index contributed by atoms with van der Waals surface area (Å²) in [5.41, 5.74) is 0.444. The van der Waals surface area contributed by atoms with Gasteiger partial charge in [0.25, 0.3) is 0 Å². The summed E-state index contributed by atoms with van der Waals surface area (Å²) >= 11 is 0. The molecule has 0 aliphatic heterocycles. The largest absolute Gasteiger partial charge is 0.455 e. The Balaban J connectivity index is 2.87. The highest BCUT2D eigenvalue weighted by atomic mass is 16.6. The molecule has 0 N–H and O–H groups in total. The Morgan fingerprint density at radius 3 is 1.29 bits per heavy atom. The summed E-state index contributed by atoms with van der Waals surface area (Å²) in [6.07, 6.45) is 2.38. The summed E-state index contributed by atoms with van der Waals surface area (Å²) in [7, 11) is 0. The summed E-state index contributed by atoms with van der Waals surface area (Å²) in [6, 6.07) is 7.68. The van der Waals surface area contributed by atoms with Crippen LogP contribution in [-0.4, -0.2) is 11.9 Å². The Morgan fingerprint density at radius 1 is 0.750 bits per heavy atom. The lowest BCUT2D eigenvalue weighted by Crippen LogP contribution is -2.27. The third-order valence-electron chi connectivity index (χ3n) is 3.92. The van der Waals surface area contributed by atoms with Crippen molar-refractivity contribution in [3.63, 3.8) is 0 Å². The van der Waals surface area contributed by atoms with Crippen molar-refractivity contribution in [2.45, 2.75) is 78.4 Å². The average molecular weight is 334 g/mol. The third kappa shape index (κ3) is 5.66. The Bertz CT molecular complexity index is 505. The van der Waals surface area contributed by atoms with Crippen molar-refractivity contribution in [1.82, 2.24) is 0 Å². The smallest absolute Gasteiger partial charge is 0.306 e. The lowest BCUT2D eigenvalue weighted by Gasteiger charge is -2.28. The molecule has 0 radical (unpaired) electrons. The molecule has 0 saturated heterocycles. The van der Waals surface area contributed by atoms with Crippen LogP contribution in [0.2, 0.25) is 0 Å². The number of ether oxygens (including phenoxy) is 2. The molecule has 0 bridgehead atoms. The van der Waals surface area contributed by atoms with Gasteiger partial charge in [-0.1, -0.05) is 38.1 Å². The third-order valence-corrected chi connectivity index (χ3v) is 3.92. The molecule has 0 unspecified atom stereocenters. The zero-order valence-electron chi connectivity index (χ0n) is 15.8. The fourth-order valence-electron chi connectivity index (χ4n) is 2.47. The van der Waals surface area contributed by atoms with Crippen LogP contribution in [0.25, 0.3) is 0 Å². The fraction of sp³-hybridized carbons (Fsp3) is 0.600.